The summed E-state index contributed by atoms with van der Waals surface area (Å²) in [6.07, 6.45) is 1.42. The van der Waals surface area contributed by atoms with Crippen molar-refractivity contribution < 1.29 is 17.2 Å². The van der Waals surface area contributed by atoms with Gasteiger partial charge in [-0.15, -0.1) is 0 Å². The molecule has 0 spiro atoms. The average Bonchev–Trinajstić information content (AvgIpc) is 3.13. The Morgan fingerprint density at radius 3 is 2.76 bits per heavy atom. The summed E-state index contributed by atoms with van der Waals surface area (Å²) in [5.41, 5.74) is 0.401. The molecule has 2 rings (SSSR count). The van der Waals surface area contributed by atoms with Gasteiger partial charge < -0.3 is 15.5 Å². The number of aliphatic imine (C=N–C) groups is 1. The van der Waals surface area contributed by atoms with Gasteiger partial charge in [-0.1, -0.05) is 0 Å². The molecular weight excluding hydrogens is 400 g/mol. The van der Waals surface area contributed by atoms with Crippen molar-refractivity contribution in [3.63, 3.8) is 0 Å². The first kappa shape index (κ1) is 23.3. The lowest BCUT2D eigenvalue weighted by Crippen LogP contribution is -2.44. The molecule has 0 radical (unpaired) electrons. The van der Waals surface area contributed by atoms with Crippen molar-refractivity contribution in [2.75, 3.05) is 50.4 Å². The van der Waals surface area contributed by atoms with Crippen LogP contribution in [0.15, 0.2) is 23.2 Å². The number of guanidine groups is 1. The number of nitrogens with zero attached hydrogens (tertiary/aromatic N) is 3. The van der Waals surface area contributed by atoms with E-state index in [0.717, 1.165) is 12.5 Å². The van der Waals surface area contributed by atoms with Gasteiger partial charge in [0.05, 0.1) is 11.4 Å². The van der Waals surface area contributed by atoms with Gasteiger partial charge in [0.15, 0.2) is 5.96 Å². The number of benzene rings is 1. The molecule has 1 aliphatic heterocycles. The maximum absolute atomic E-state index is 14.0. The van der Waals surface area contributed by atoms with Crippen LogP contribution < -0.4 is 15.5 Å². The van der Waals surface area contributed by atoms with Crippen molar-refractivity contribution in [2.45, 2.75) is 32.7 Å². The SMILES string of the molecule is CCNC(=NCCCN(C)S(=O)(=O)CC)NC1CCN(c2ccc(F)cc2F)C1. The van der Waals surface area contributed by atoms with Crippen LogP contribution in [0.3, 0.4) is 0 Å². The summed E-state index contributed by atoms with van der Waals surface area (Å²) in [6, 6.07) is 3.71. The van der Waals surface area contributed by atoms with Gasteiger partial charge in [0, 0.05) is 51.9 Å². The van der Waals surface area contributed by atoms with Gasteiger partial charge in [-0.3, -0.25) is 4.99 Å². The number of hydrogen-bond acceptors (Lipinski definition) is 4. The Bertz CT molecular complexity index is 804. The fourth-order valence-electron chi connectivity index (χ4n) is 3.19. The third kappa shape index (κ3) is 6.81. The molecule has 0 saturated carbocycles. The lowest BCUT2D eigenvalue weighted by molar-refractivity contribution is 0.464. The first-order chi connectivity index (χ1) is 13.8. The molecule has 1 aliphatic rings. The number of nitrogens with one attached hydrogen (secondary N) is 2. The summed E-state index contributed by atoms with van der Waals surface area (Å²) in [6.45, 7) is 6.44. The molecule has 7 nitrogen and oxygen atoms in total. The second-order valence-electron chi connectivity index (χ2n) is 7.01. The minimum absolute atomic E-state index is 0.0837. The third-order valence-electron chi connectivity index (χ3n) is 4.86. The summed E-state index contributed by atoms with van der Waals surface area (Å²) in [4.78, 5) is 6.40. The van der Waals surface area contributed by atoms with Crippen LogP contribution in [0.2, 0.25) is 0 Å². The first-order valence-electron chi connectivity index (χ1n) is 9.95. The van der Waals surface area contributed by atoms with Gasteiger partial charge in [0.1, 0.15) is 11.6 Å². The van der Waals surface area contributed by atoms with Crippen LogP contribution in [0.1, 0.15) is 26.7 Å². The van der Waals surface area contributed by atoms with Gasteiger partial charge in [-0.2, -0.15) is 0 Å². The van der Waals surface area contributed by atoms with E-state index in [1.54, 1.807) is 14.0 Å². The first-order valence-corrected chi connectivity index (χ1v) is 11.6. The summed E-state index contributed by atoms with van der Waals surface area (Å²) in [5, 5.41) is 6.52. The summed E-state index contributed by atoms with van der Waals surface area (Å²) in [7, 11) is -1.60. The van der Waals surface area contributed by atoms with Crippen LogP contribution in [-0.2, 0) is 10.0 Å². The van der Waals surface area contributed by atoms with E-state index in [0.29, 0.717) is 50.8 Å². The molecule has 2 N–H and O–H groups in total. The molecule has 0 aliphatic carbocycles. The van der Waals surface area contributed by atoms with Gasteiger partial charge in [-0.25, -0.2) is 21.5 Å². The summed E-state index contributed by atoms with van der Waals surface area (Å²) in [5.74, 6) is -0.402. The highest BCUT2D eigenvalue weighted by Crippen LogP contribution is 2.24. The molecule has 10 heteroatoms. The lowest BCUT2D eigenvalue weighted by Gasteiger charge is -2.21. The quantitative estimate of drug-likeness (QED) is 0.354. The van der Waals surface area contributed by atoms with E-state index in [9.17, 15) is 17.2 Å². The van der Waals surface area contributed by atoms with Crippen LogP contribution in [0.25, 0.3) is 0 Å². The normalized spacial score (nSPS) is 17.8. The maximum atomic E-state index is 14.0. The van der Waals surface area contributed by atoms with Crippen molar-refractivity contribution in [3.8, 4) is 0 Å². The minimum Gasteiger partial charge on any atom is -0.367 e. The topological polar surface area (TPSA) is 77.0 Å². The lowest BCUT2D eigenvalue weighted by atomic mass is 10.2. The zero-order chi connectivity index (χ0) is 21.4. The second kappa shape index (κ2) is 10.7. The van der Waals surface area contributed by atoms with Gasteiger partial charge >= 0.3 is 0 Å². The van der Waals surface area contributed by atoms with E-state index >= 15 is 0 Å². The molecule has 1 aromatic carbocycles. The molecule has 0 bridgehead atoms. The number of halogens is 2. The predicted molar refractivity (Wildman–Crippen MR) is 113 cm³/mol. The average molecular weight is 432 g/mol. The Morgan fingerprint density at radius 2 is 2.10 bits per heavy atom. The molecule has 0 amide bonds. The Labute approximate surface area is 172 Å². The monoisotopic (exact) mass is 431 g/mol. The van der Waals surface area contributed by atoms with Crippen molar-refractivity contribution in [3.05, 3.63) is 29.8 Å². The van der Waals surface area contributed by atoms with E-state index < -0.39 is 21.7 Å². The predicted octanol–water partition coefficient (Wildman–Crippen LogP) is 1.77. The van der Waals surface area contributed by atoms with Crippen LogP contribution in [0, 0.1) is 11.6 Å². The fraction of sp³-hybridized carbons (Fsp3) is 0.632. The molecule has 164 valence electrons. The van der Waals surface area contributed by atoms with Crippen LogP contribution in [0.4, 0.5) is 14.5 Å². The Kier molecular flexibility index (Phi) is 8.63. The van der Waals surface area contributed by atoms with E-state index in [1.165, 1.54) is 16.4 Å². The van der Waals surface area contributed by atoms with E-state index in [-0.39, 0.29) is 11.8 Å². The van der Waals surface area contributed by atoms with Crippen LogP contribution in [0.5, 0.6) is 0 Å². The van der Waals surface area contributed by atoms with Crippen molar-refractivity contribution >= 4 is 21.7 Å². The Hall–Kier alpha value is -1.94. The van der Waals surface area contributed by atoms with Crippen LogP contribution in [-0.4, -0.2) is 70.2 Å². The zero-order valence-corrected chi connectivity index (χ0v) is 18.1. The van der Waals surface area contributed by atoms with Gasteiger partial charge in [0.25, 0.3) is 0 Å². The Balaban J connectivity index is 1.87. The van der Waals surface area contributed by atoms with Crippen LogP contribution >= 0.6 is 0 Å². The van der Waals surface area contributed by atoms with E-state index in [2.05, 4.69) is 15.6 Å². The number of anilines is 1. The van der Waals surface area contributed by atoms with Crippen molar-refractivity contribution in [1.29, 1.82) is 0 Å². The fourth-order valence-corrected chi connectivity index (χ4v) is 4.04. The van der Waals surface area contributed by atoms with Gasteiger partial charge in [0.2, 0.25) is 10.0 Å². The highest BCUT2D eigenvalue weighted by atomic mass is 32.2. The van der Waals surface area contributed by atoms with Crippen molar-refractivity contribution in [2.24, 2.45) is 4.99 Å². The standard InChI is InChI=1S/C19H31F2N5O2S/c1-4-22-19(23-10-6-11-25(3)29(27,28)5-2)24-16-9-12-26(14-16)18-8-7-15(20)13-17(18)21/h7-8,13,16H,4-6,9-12,14H2,1-3H3,(H2,22,23,24). The number of hydrogen-bond donors (Lipinski definition) is 2. The number of rotatable bonds is 9. The molecular formula is C19H31F2N5O2S. The smallest absolute Gasteiger partial charge is 0.213 e. The summed E-state index contributed by atoms with van der Waals surface area (Å²) >= 11 is 0. The minimum atomic E-state index is -3.17. The highest BCUT2D eigenvalue weighted by Gasteiger charge is 2.25. The zero-order valence-electron chi connectivity index (χ0n) is 17.3. The maximum Gasteiger partial charge on any atom is 0.213 e. The largest absolute Gasteiger partial charge is 0.367 e. The van der Waals surface area contributed by atoms with E-state index in [4.69, 9.17) is 0 Å². The molecule has 1 saturated heterocycles. The molecule has 1 fully saturated rings. The van der Waals surface area contributed by atoms with Crippen molar-refractivity contribution in [1.82, 2.24) is 14.9 Å². The molecule has 1 aromatic rings. The highest BCUT2D eigenvalue weighted by molar-refractivity contribution is 7.89. The molecule has 1 atom stereocenters. The molecule has 1 unspecified atom stereocenters. The molecule has 1 heterocycles. The summed E-state index contributed by atoms with van der Waals surface area (Å²) < 4.78 is 52.0. The number of sulfonamides is 1. The Morgan fingerprint density at radius 1 is 1.34 bits per heavy atom. The van der Waals surface area contributed by atoms with Gasteiger partial charge in [-0.05, 0) is 38.8 Å². The third-order valence-corrected chi connectivity index (χ3v) is 6.73. The molecule has 0 aromatic heterocycles. The molecule has 29 heavy (non-hydrogen) atoms. The van der Waals surface area contributed by atoms with E-state index in [1.807, 2.05) is 11.8 Å². The second-order valence-corrected chi connectivity index (χ2v) is 9.37.